The molecular formula is C18H32N2O6. The van der Waals surface area contributed by atoms with Crippen LogP contribution in [0.3, 0.4) is 0 Å². The Morgan fingerprint density at radius 3 is 2.23 bits per heavy atom. The van der Waals surface area contributed by atoms with Gasteiger partial charge in [-0.25, -0.2) is 0 Å². The molecule has 150 valence electrons. The standard InChI is InChI=1S/C18H32N2O6/c1-3-8-24-10-12-26-13-11-25-9-6-19-16(21)5-7-20-17(22)14-15(4-2)18(20)23/h15H,3-14H2,1-2H3,(H,19,21). The third kappa shape index (κ3) is 8.73. The van der Waals surface area contributed by atoms with Crippen LogP contribution in [-0.2, 0) is 28.6 Å². The molecule has 0 aliphatic carbocycles. The van der Waals surface area contributed by atoms with Crippen LogP contribution in [0.2, 0.25) is 0 Å². The summed E-state index contributed by atoms with van der Waals surface area (Å²) < 4.78 is 16.0. The SMILES string of the molecule is CCCOCCOCCOCCNC(=O)CCN1C(=O)CC(CC)C1=O. The van der Waals surface area contributed by atoms with E-state index in [0.717, 1.165) is 13.0 Å². The van der Waals surface area contributed by atoms with E-state index in [4.69, 9.17) is 14.2 Å². The van der Waals surface area contributed by atoms with Gasteiger partial charge in [0.1, 0.15) is 0 Å². The highest BCUT2D eigenvalue weighted by Gasteiger charge is 2.36. The van der Waals surface area contributed by atoms with Crippen molar-refractivity contribution >= 4 is 17.7 Å². The van der Waals surface area contributed by atoms with Gasteiger partial charge in [0.2, 0.25) is 17.7 Å². The Labute approximate surface area is 155 Å². The monoisotopic (exact) mass is 372 g/mol. The van der Waals surface area contributed by atoms with E-state index >= 15 is 0 Å². The Morgan fingerprint density at radius 2 is 1.65 bits per heavy atom. The number of hydrogen-bond donors (Lipinski definition) is 1. The molecule has 8 nitrogen and oxygen atoms in total. The van der Waals surface area contributed by atoms with Gasteiger partial charge < -0.3 is 19.5 Å². The number of amides is 3. The van der Waals surface area contributed by atoms with Crippen LogP contribution in [0.5, 0.6) is 0 Å². The second kappa shape index (κ2) is 13.7. The van der Waals surface area contributed by atoms with Crippen molar-refractivity contribution in [3.05, 3.63) is 0 Å². The summed E-state index contributed by atoms with van der Waals surface area (Å²) in [5.41, 5.74) is 0. The van der Waals surface area contributed by atoms with E-state index in [2.05, 4.69) is 12.2 Å². The fourth-order valence-electron chi connectivity index (χ4n) is 2.56. The fraction of sp³-hybridized carbons (Fsp3) is 0.833. The first-order chi connectivity index (χ1) is 12.6. The summed E-state index contributed by atoms with van der Waals surface area (Å²) in [6.07, 6.45) is 2.03. The summed E-state index contributed by atoms with van der Waals surface area (Å²) in [6.45, 7) is 7.70. The highest BCUT2D eigenvalue weighted by Crippen LogP contribution is 2.22. The Hall–Kier alpha value is -1.51. The maximum Gasteiger partial charge on any atom is 0.232 e. The van der Waals surface area contributed by atoms with Gasteiger partial charge in [-0.2, -0.15) is 0 Å². The highest BCUT2D eigenvalue weighted by atomic mass is 16.5. The van der Waals surface area contributed by atoms with Crippen LogP contribution < -0.4 is 5.32 Å². The first kappa shape index (κ1) is 22.5. The van der Waals surface area contributed by atoms with Crippen LogP contribution >= 0.6 is 0 Å². The predicted molar refractivity (Wildman–Crippen MR) is 95.5 cm³/mol. The average molecular weight is 372 g/mol. The molecule has 8 heteroatoms. The zero-order valence-electron chi connectivity index (χ0n) is 16.0. The first-order valence-corrected chi connectivity index (χ1v) is 9.44. The number of carbonyl (C=O) groups excluding carboxylic acids is 3. The second-order valence-corrected chi connectivity index (χ2v) is 6.13. The molecule has 1 heterocycles. The normalized spacial score (nSPS) is 17.2. The lowest BCUT2D eigenvalue weighted by Gasteiger charge is -2.14. The zero-order chi connectivity index (χ0) is 19.2. The van der Waals surface area contributed by atoms with Gasteiger partial charge in [-0.15, -0.1) is 0 Å². The van der Waals surface area contributed by atoms with Crippen LogP contribution in [-0.4, -0.2) is 75.4 Å². The molecule has 0 bridgehead atoms. The van der Waals surface area contributed by atoms with E-state index in [0.29, 0.717) is 46.0 Å². The summed E-state index contributed by atoms with van der Waals surface area (Å²) in [7, 11) is 0. The summed E-state index contributed by atoms with van der Waals surface area (Å²) in [5, 5.41) is 2.71. The van der Waals surface area contributed by atoms with E-state index in [1.54, 1.807) is 0 Å². The van der Waals surface area contributed by atoms with Crippen molar-refractivity contribution in [2.24, 2.45) is 5.92 Å². The van der Waals surface area contributed by atoms with Crippen LogP contribution in [0.25, 0.3) is 0 Å². The Kier molecular flexibility index (Phi) is 11.8. The molecule has 0 radical (unpaired) electrons. The van der Waals surface area contributed by atoms with Crippen molar-refractivity contribution in [2.45, 2.75) is 39.5 Å². The lowest BCUT2D eigenvalue weighted by Crippen LogP contribution is -2.36. The number of ether oxygens (including phenoxy) is 3. The predicted octanol–water partition coefficient (Wildman–Crippen LogP) is 0.738. The third-order valence-corrected chi connectivity index (χ3v) is 4.05. The quantitative estimate of drug-likeness (QED) is 0.337. The minimum absolute atomic E-state index is 0.120. The number of rotatable bonds is 15. The smallest absolute Gasteiger partial charge is 0.232 e. The van der Waals surface area contributed by atoms with Gasteiger partial charge in [-0.3, -0.25) is 19.3 Å². The molecule has 1 N–H and O–H groups in total. The van der Waals surface area contributed by atoms with Crippen LogP contribution in [0.4, 0.5) is 0 Å². The first-order valence-electron chi connectivity index (χ1n) is 9.44. The van der Waals surface area contributed by atoms with Crippen LogP contribution in [0.15, 0.2) is 0 Å². The van der Waals surface area contributed by atoms with E-state index in [1.807, 2.05) is 6.92 Å². The van der Waals surface area contributed by atoms with Gasteiger partial charge in [0.15, 0.2) is 0 Å². The second-order valence-electron chi connectivity index (χ2n) is 6.13. The number of likely N-dealkylation sites (tertiary alicyclic amines) is 1. The van der Waals surface area contributed by atoms with Crippen molar-refractivity contribution in [2.75, 3.05) is 52.7 Å². The Morgan fingerprint density at radius 1 is 1.04 bits per heavy atom. The Balaban J connectivity index is 1.96. The largest absolute Gasteiger partial charge is 0.379 e. The third-order valence-electron chi connectivity index (χ3n) is 4.05. The van der Waals surface area contributed by atoms with Gasteiger partial charge in [-0.05, 0) is 12.8 Å². The van der Waals surface area contributed by atoms with Crippen molar-refractivity contribution < 1.29 is 28.6 Å². The van der Waals surface area contributed by atoms with Gasteiger partial charge >= 0.3 is 0 Å². The lowest BCUT2D eigenvalue weighted by atomic mass is 10.1. The van der Waals surface area contributed by atoms with E-state index in [9.17, 15) is 14.4 Å². The number of nitrogens with one attached hydrogen (secondary N) is 1. The lowest BCUT2D eigenvalue weighted by molar-refractivity contribution is -0.139. The molecule has 1 unspecified atom stereocenters. The number of carbonyl (C=O) groups is 3. The number of hydrogen-bond acceptors (Lipinski definition) is 6. The molecule has 0 aromatic rings. The molecule has 1 saturated heterocycles. The molecule has 0 spiro atoms. The van der Waals surface area contributed by atoms with Crippen LogP contribution in [0.1, 0.15) is 39.5 Å². The molecule has 3 amide bonds. The molecule has 1 fully saturated rings. The zero-order valence-corrected chi connectivity index (χ0v) is 16.0. The average Bonchev–Trinajstić information content (AvgIpc) is 2.91. The molecule has 26 heavy (non-hydrogen) atoms. The summed E-state index contributed by atoms with van der Waals surface area (Å²) >= 11 is 0. The minimum Gasteiger partial charge on any atom is -0.379 e. The summed E-state index contributed by atoms with van der Waals surface area (Å²) in [4.78, 5) is 36.7. The highest BCUT2D eigenvalue weighted by molar-refractivity contribution is 6.03. The van der Waals surface area contributed by atoms with E-state index in [-0.39, 0.29) is 43.0 Å². The molecular weight excluding hydrogens is 340 g/mol. The van der Waals surface area contributed by atoms with Gasteiger partial charge in [0.05, 0.1) is 33.0 Å². The molecule has 0 aromatic carbocycles. The Bertz CT molecular complexity index is 443. The maximum atomic E-state index is 12.0. The number of imide groups is 1. The van der Waals surface area contributed by atoms with Crippen molar-refractivity contribution in [3.63, 3.8) is 0 Å². The molecule has 0 saturated carbocycles. The molecule has 1 atom stereocenters. The van der Waals surface area contributed by atoms with Gasteiger partial charge in [0.25, 0.3) is 0 Å². The van der Waals surface area contributed by atoms with Crippen molar-refractivity contribution in [1.29, 1.82) is 0 Å². The maximum absolute atomic E-state index is 12.0. The van der Waals surface area contributed by atoms with E-state index < -0.39 is 0 Å². The number of nitrogens with zero attached hydrogens (tertiary/aromatic N) is 1. The van der Waals surface area contributed by atoms with Crippen molar-refractivity contribution in [3.8, 4) is 0 Å². The van der Waals surface area contributed by atoms with Gasteiger partial charge in [0, 0.05) is 38.5 Å². The topological polar surface area (TPSA) is 94.2 Å². The fourth-order valence-corrected chi connectivity index (χ4v) is 2.56. The van der Waals surface area contributed by atoms with Crippen LogP contribution in [0, 0.1) is 5.92 Å². The summed E-state index contributed by atoms with van der Waals surface area (Å²) in [6, 6.07) is 0. The molecule has 1 aliphatic rings. The molecule has 1 aliphatic heterocycles. The van der Waals surface area contributed by atoms with Crippen molar-refractivity contribution in [1.82, 2.24) is 10.2 Å². The summed E-state index contributed by atoms with van der Waals surface area (Å²) in [5.74, 6) is -0.760. The van der Waals surface area contributed by atoms with E-state index in [1.165, 1.54) is 4.90 Å². The van der Waals surface area contributed by atoms with Gasteiger partial charge in [-0.1, -0.05) is 13.8 Å². The molecule has 0 aromatic heterocycles. The minimum atomic E-state index is -0.223. The molecule has 1 rings (SSSR count).